The summed E-state index contributed by atoms with van der Waals surface area (Å²) < 4.78 is 1.97. The van der Waals surface area contributed by atoms with Gasteiger partial charge in [-0.15, -0.1) is 0 Å². The Bertz CT molecular complexity index is 641. The third-order valence-corrected chi connectivity index (χ3v) is 3.92. The second-order valence-corrected chi connectivity index (χ2v) is 6.41. The summed E-state index contributed by atoms with van der Waals surface area (Å²) in [7, 11) is 0. The highest BCUT2D eigenvalue weighted by Gasteiger charge is 2.08. The smallest absolute Gasteiger partial charge is 0.106 e. The van der Waals surface area contributed by atoms with E-state index in [0.717, 1.165) is 31.4 Å². The normalized spacial score (nSPS) is 10.3. The van der Waals surface area contributed by atoms with E-state index in [4.69, 9.17) is 18.0 Å². The molecule has 3 N–H and O–H groups in total. The lowest BCUT2D eigenvalue weighted by Crippen LogP contribution is -2.12. The third kappa shape index (κ3) is 3.55. The molecule has 19 heavy (non-hydrogen) atoms. The van der Waals surface area contributed by atoms with Crippen molar-refractivity contribution in [1.82, 2.24) is 0 Å². The molecule has 0 bridgehead atoms. The molecule has 0 atom stereocenters. The minimum Gasteiger partial charge on any atom is -0.389 e. The average Bonchev–Trinajstić information content (AvgIpc) is 2.35. The van der Waals surface area contributed by atoms with Crippen LogP contribution < -0.4 is 11.1 Å². The van der Waals surface area contributed by atoms with E-state index in [1.807, 2.05) is 43.3 Å². The van der Waals surface area contributed by atoms with Crippen molar-refractivity contribution in [2.45, 2.75) is 6.92 Å². The van der Waals surface area contributed by atoms with Crippen LogP contribution in [0, 0.1) is 6.92 Å². The van der Waals surface area contributed by atoms with Gasteiger partial charge in [-0.25, -0.2) is 0 Å². The summed E-state index contributed by atoms with van der Waals surface area (Å²) in [5.41, 5.74) is 9.66. The zero-order chi connectivity index (χ0) is 14.0. The number of anilines is 2. The quantitative estimate of drug-likeness (QED) is 0.721. The zero-order valence-electron chi connectivity index (χ0n) is 10.2. The van der Waals surface area contributed by atoms with Crippen molar-refractivity contribution in [3.63, 3.8) is 0 Å². The maximum absolute atomic E-state index is 5.77. The highest BCUT2D eigenvalue weighted by Crippen LogP contribution is 2.28. The summed E-state index contributed by atoms with van der Waals surface area (Å²) in [5, 5.41) is 3.37. The Morgan fingerprint density at radius 2 is 1.68 bits per heavy atom. The molecule has 0 radical (unpaired) electrons. The van der Waals surface area contributed by atoms with Crippen LogP contribution in [0.4, 0.5) is 11.4 Å². The van der Waals surface area contributed by atoms with E-state index >= 15 is 0 Å². The summed E-state index contributed by atoms with van der Waals surface area (Å²) in [5.74, 6) is 0. The SMILES string of the molecule is Cc1ccc(Br)cc1Nc1ccc(Br)cc1C(N)=S. The maximum Gasteiger partial charge on any atom is 0.106 e. The van der Waals surface area contributed by atoms with Crippen LogP contribution in [0.1, 0.15) is 11.1 Å². The van der Waals surface area contributed by atoms with Gasteiger partial charge in [0.2, 0.25) is 0 Å². The van der Waals surface area contributed by atoms with Crippen LogP contribution in [0.5, 0.6) is 0 Å². The van der Waals surface area contributed by atoms with E-state index in [1.165, 1.54) is 0 Å². The molecule has 2 nitrogen and oxygen atoms in total. The van der Waals surface area contributed by atoms with Crippen LogP contribution >= 0.6 is 44.1 Å². The van der Waals surface area contributed by atoms with Gasteiger partial charge in [-0.2, -0.15) is 0 Å². The number of nitrogens with one attached hydrogen (secondary N) is 1. The second-order valence-electron chi connectivity index (χ2n) is 4.14. The fourth-order valence-corrected chi connectivity index (χ4v) is 2.59. The molecule has 0 fully saturated rings. The largest absolute Gasteiger partial charge is 0.389 e. The first-order chi connectivity index (χ1) is 8.97. The first-order valence-electron chi connectivity index (χ1n) is 5.60. The van der Waals surface area contributed by atoms with Gasteiger partial charge in [0.15, 0.2) is 0 Å². The molecular formula is C14H12Br2N2S. The van der Waals surface area contributed by atoms with Gasteiger partial charge in [0, 0.05) is 25.9 Å². The first kappa shape index (κ1) is 14.5. The number of nitrogens with two attached hydrogens (primary N) is 1. The summed E-state index contributed by atoms with van der Waals surface area (Å²) in [4.78, 5) is 0.372. The predicted octanol–water partition coefficient (Wildman–Crippen LogP) is 4.90. The minimum absolute atomic E-state index is 0.372. The standard InChI is InChI=1S/C14H12Br2N2S/c1-8-2-3-10(16)7-13(8)18-12-5-4-9(15)6-11(12)14(17)19/h2-7,18H,1H3,(H2,17,19). The second kappa shape index (κ2) is 6.03. The van der Waals surface area contributed by atoms with Crippen molar-refractivity contribution in [3.05, 3.63) is 56.5 Å². The summed E-state index contributed by atoms with van der Waals surface area (Å²) >= 11 is 12.0. The molecule has 5 heteroatoms. The van der Waals surface area contributed by atoms with Crippen molar-refractivity contribution >= 4 is 60.4 Å². The first-order valence-corrected chi connectivity index (χ1v) is 7.59. The van der Waals surface area contributed by atoms with Gasteiger partial charge < -0.3 is 11.1 Å². The number of halogens is 2. The van der Waals surface area contributed by atoms with Crippen LogP contribution in [0.25, 0.3) is 0 Å². The number of hydrogen-bond donors (Lipinski definition) is 2. The average molecular weight is 400 g/mol. The van der Waals surface area contributed by atoms with Gasteiger partial charge in [0.25, 0.3) is 0 Å². The molecule has 0 amide bonds. The molecule has 2 rings (SSSR count). The Hall–Kier alpha value is -0.910. The number of thiocarbonyl (C=S) groups is 1. The molecule has 0 saturated carbocycles. The van der Waals surface area contributed by atoms with Crippen LogP contribution in [0.15, 0.2) is 45.3 Å². The third-order valence-electron chi connectivity index (χ3n) is 2.72. The van der Waals surface area contributed by atoms with Gasteiger partial charge in [0.05, 0.1) is 0 Å². The van der Waals surface area contributed by atoms with Crippen LogP contribution in [0.3, 0.4) is 0 Å². The van der Waals surface area contributed by atoms with Crippen LogP contribution in [-0.2, 0) is 0 Å². The van der Waals surface area contributed by atoms with Crippen molar-refractivity contribution < 1.29 is 0 Å². The van der Waals surface area contributed by atoms with Gasteiger partial charge in [-0.05, 0) is 42.8 Å². The molecule has 0 aliphatic rings. The van der Waals surface area contributed by atoms with Crippen molar-refractivity contribution in [3.8, 4) is 0 Å². The molecule has 2 aromatic carbocycles. The molecule has 0 spiro atoms. The Kier molecular flexibility index (Phi) is 4.60. The summed E-state index contributed by atoms with van der Waals surface area (Å²) in [6.07, 6.45) is 0. The van der Waals surface area contributed by atoms with E-state index < -0.39 is 0 Å². The Balaban J connectivity index is 2.43. The lowest BCUT2D eigenvalue weighted by Gasteiger charge is -2.14. The van der Waals surface area contributed by atoms with E-state index in [2.05, 4.69) is 37.2 Å². The molecule has 0 aliphatic heterocycles. The topological polar surface area (TPSA) is 38.0 Å². The molecule has 2 aromatic rings. The van der Waals surface area contributed by atoms with E-state index in [9.17, 15) is 0 Å². The fraction of sp³-hybridized carbons (Fsp3) is 0.0714. The fourth-order valence-electron chi connectivity index (χ4n) is 1.70. The molecule has 0 heterocycles. The summed E-state index contributed by atoms with van der Waals surface area (Å²) in [6.45, 7) is 2.05. The molecule has 98 valence electrons. The zero-order valence-corrected chi connectivity index (χ0v) is 14.2. The van der Waals surface area contributed by atoms with Crippen LogP contribution in [0.2, 0.25) is 0 Å². The van der Waals surface area contributed by atoms with Gasteiger partial charge in [-0.3, -0.25) is 0 Å². The van der Waals surface area contributed by atoms with Crippen LogP contribution in [-0.4, -0.2) is 4.99 Å². The van der Waals surface area contributed by atoms with Gasteiger partial charge in [0.1, 0.15) is 4.99 Å². The Morgan fingerprint density at radius 1 is 1.05 bits per heavy atom. The highest BCUT2D eigenvalue weighted by molar-refractivity contribution is 9.10. The molecule has 0 aromatic heterocycles. The van der Waals surface area contributed by atoms with Crippen molar-refractivity contribution in [2.24, 2.45) is 5.73 Å². The Morgan fingerprint density at radius 3 is 2.37 bits per heavy atom. The minimum atomic E-state index is 0.372. The van der Waals surface area contributed by atoms with E-state index in [0.29, 0.717) is 4.99 Å². The molecule has 0 saturated heterocycles. The van der Waals surface area contributed by atoms with E-state index in [1.54, 1.807) is 0 Å². The van der Waals surface area contributed by atoms with Crippen molar-refractivity contribution in [2.75, 3.05) is 5.32 Å². The Labute approximate surface area is 134 Å². The van der Waals surface area contributed by atoms with E-state index in [-0.39, 0.29) is 0 Å². The van der Waals surface area contributed by atoms with Crippen molar-refractivity contribution in [1.29, 1.82) is 0 Å². The van der Waals surface area contributed by atoms with Gasteiger partial charge >= 0.3 is 0 Å². The number of hydrogen-bond acceptors (Lipinski definition) is 2. The number of rotatable bonds is 3. The molecule has 0 aliphatic carbocycles. The molecular weight excluding hydrogens is 388 g/mol. The maximum atomic E-state index is 5.77. The van der Waals surface area contributed by atoms with Gasteiger partial charge in [-0.1, -0.05) is 50.1 Å². The summed E-state index contributed by atoms with van der Waals surface area (Å²) in [6, 6.07) is 11.9. The lowest BCUT2D eigenvalue weighted by molar-refractivity contribution is 1.41. The highest BCUT2D eigenvalue weighted by atomic mass is 79.9. The predicted molar refractivity (Wildman–Crippen MR) is 92.2 cm³/mol. The lowest BCUT2D eigenvalue weighted by atomic mass is 10.1. The number of benzene rings is 2. The number of aryl methyl sites for hydroxylation is 1. The molecule has 0 unspecified atom stereocenters. The monoisotopic (exact) mass is 398 g/mol.